The zero-order chi connectivity index (χ0) is 14.8. The molecule has 0 atom stereocenters. The van der Waals surface area contributed by atoms with Gasteiger partial charge in [-0.1, -0.05) is 11.3 Å². The van der Waals surface area contributed by atoms with Crippen LogP contribution in [0, 0.1) is 5.92 Å². The van der Waals surface area contributed by atoms with Crippen LogP contribution in [0.1, 0.15) is 12.8 Å². The minimum Gasteiger partial charge on any atom is -0.497 e. The SMILES string of the molecule is COc1ccc2c(c1)sc(=NC(=O)C1CC1)n2CCSC. The van der Waals surface area contributed by atoms with Crippen LogP contribution in [0.4, 0.5) is 0 Å². The van der Waals surface area contributed by atoms with Gasteiger partial charge in [0.2, 0.25) is 0 Å². The molecule has 1 amide bonds. The number of thiazole rings is 1. The average molecular weight is 322 g/mol. The Hall–Kier alpha value is -1.27. The molecule has 0 bridgehead atoms. The lowest BCUT2D eigenvalue weighted by molar-refractivity contribution is -0.119. The molecule has 0 unspecified atom stereocenters. The van der Waals surface area contributed by atoms with E-state index in [0.29, 0.717) is 0 Å². The summed E-state index contributed by atoms with van der Waals surface area (Å²) in [4.78, 5) is 17.2. The number of benzene rings is 1. The molecule has 3 rings (SSSR count). The largest absolute Gasteiger partial charge is 0.497 e. The number of ether oxygens (including phenoxy) is 1. The summed E-state index contributed by atoms with van der Waals surface area (Å²) in [6.07, 6.45) is 4.07. The van der Waals surface area contributed by atoms with Gasteiger partial charge in [-0.3, -0.25) is 4.79 Å². The Labute approximate surface area is 131 Å². The van der Waals surface area contributed by atoms with Crippen molar-refractivity contribution in [2.75, 3.05) is 19.1 Å². The van der Waals surface area contributed by atoms with E-state index in [0.717, 1.165) is 45.9 Å². The highest BCUT2D eigenvalue weighted by Crippen LogP contribution is 2.30. The van der Waals surface area contributed by atoms with Gasteiger partial charge in [-0.15, -0.1) is 0 Å². The highest BCUT2D eigenvalue weighted by Gasteiger charge is 2.29. The third-order valence-corrected chi connectivity index (χ3v) is 5.17. The minimum absolute atomic E-state index is 0.0337. The van der Waals surface area contributed by atoms with Crippen molar-refractivity contribution in [2.24, 2.45) is 10.9 Å². The highest BCUT2D eigenvalue weighted by atomic mass is 32.2. The lowest BCUT2D eigenvalue weighted by Gasteiger charge is -2.04. The van der Waals surface area contributed by atoms with Crippen LogP contribution in [-0.4, -0.2) is 29.6 Å². The third kappa shape index (κ3) is 3.16. The van der Waals surface area contributed by atoms with Crippen LogP contribution in [0.3, 0.4) is 0 Å². The first-order chi connectivity index (χ1) is 10.2. The Bertz CT molecular complexity index is 729. The maximum atomic E-state index is 12.0. The lowest BCUT2D eigenvalue weighted by atomic mass is 10.3. The second kappa shape index (κ2) is 6.23. The number of methoxy groups -OCH3 is 1. The van der Waals surface area contributed by atoms with Crippen LogP contribution >= 0.6 is 23.1 Å². The number of rotatable bonds is 5. The molecule has 21 heavy (non-hydrogen) atoms. The van der Waals surface area contributed by atoms with Gasteiger partial charge < -0.3 is 9.30 Å². The first kappa shape index (κ1) is 14.7. The Balaban J connectivity index is 2.09. The monoisotopic (exact) mass is 322 g/mol. The summed E-state index contributed by atoms with van der Waals surface area (Å²) in [6, 6.07) is 6.01. The molecule has 1 saturated carbocycles. The van der Waals surface area contributed by atoms with Crippen LogP contribution in [0.25, 0.3) is 10.2 Å². The smallest absolute Gasteiger partial charge is 0.251 e. The number of aryl methyl sites for hydroxylation is 1. The number of hydrogen-bond donors (Lipinski definition) is 0. The van der Waals surface area contributed by atoms with E-state index in [9.17, 15) is 4.79 Å². The van der Waals surface area contributed by atoms with Crippen LogP contribution < -0.4 is 9.54 Å². The van der Waals surface area contributed by atoms with Gasteiger partial charge in [-0.25, -0.2) is 0 Å². The van der Waals surface area contributed by atoms with E-state index in [1.165, 1.54) is 0 Å². The summed E-state index contributed by atoms with van der Waals surface area (Å²) in [5.74, 6) is 2.04. The molecule has 1 fully saturated rings. The van der Waals surface area contributed by atoms with E-state index in [4.69, 9.17) is 4.74 Å². The predicted molar refractivity (Wildman–Crippen MR) is 88.0 cm³/mol. The van der Waals surface area contributed by atoms with Crippen molar-refractivity contribution in [3.05, 3.63) is 23.0 Å². The van der Waals surface area contributed by atoms with E-state index < -0.39 is 0 Å². The maximum absolute atomic E-state index is 12.0. The molecule has 1 aliphatic carbocycles. The zero-order valence-corrected chi connectivity index (χ0v) is 13.8. The first-order valence-corrected chi connectivity index (χ1v) is 9.19. The zero-order valence-electron chi connectivity index (χ0n) is 12.2. The predicted octanol–water partition coefficient (Wildman–Crippen LogP) is 2.91. The summed E-state index contributed by atoms with van der Waals surface area (Å²) in [6.45, 7) is 0.865. The number of hydrogen-bond acceptors (Lipinski definition) is 4. The van der Waals surface area contributed by atoms with Crippen LogP contribution in [-0.2, 0) is 11.3 Å². The molecular formula is C15H18N2O2S2. The molecule has 0 spiro atoms. The molecule has 0 saturated heterocycles. The summed E-state index contributed by atoms with van der Waals surface area (Å²) in [7, 11) is 1.67. The number of fused-ring (bicyclic) bond motifs is 1. The number of thioether (sulfide) groups is 1. The second-order valence-corrected chi connectivity index (χ2v) is 7.08. The summed E-state index contributed by atoms with van der Waals surface area (Å²) >= 11 is 3.36. The molecule has 1 heterocycles. The van der Waals surface area contributed by atoms with Crippen LogP contribution in [0.5, 0.6) is 5.75 Å². The Morgan fingerprint density at radius 1 is 1.52 bits per heavy atom. The lowest BCUT2D eigenvalue weighted by Crippen LogP contribution is -2.18. The third-order valence-electron chi connectivity index (χ3n) is 3.54. The van der Waals surface area contributed by atoms with E-state index >= 15 is 0 Å². The van der Waals surface area contributed by atoms with E-state index in [1.807, 2.05) is 18.2 Å². The maximum Gasteiger partial charge on any atom is 0.251 e. The topological polar surface area (TPSA) is 43.6 Å². The molecule has 1 aromatic heterocycles. The van der Waals surface area contributed by atoms with Crippen molar-refractivity contribution in [2.45, 2.75) is 19.4 Å². The van der Waals surface area contributed by atoms with Gasteiger partial charge in [-0.2, -0.15) is 16.8 Å². The number of carbonyl (C=O) groups is 1. The quantitative estimate of drug-likeness (QED) is 0.850. The van der Waals surface area contributed by atoms with E-state index in [2.05, 4.69) is 15.8 Å². The number of aromatic nitrogens is 1. The fourth-order valence-corrected chi connectivity index (χ4v) is 3.64. The van der Waals surface area contributed by atoms with Gasteiger partial charge >= 0.3 is 0 Å². The van der Waals surface area contributed by atoms with Gasteiger partial charge in [0, 0.05) is 18.2 Å². The Morgan fingerprint density at radius 2 is 2.33 bits per heavy atom. The Kier molecular flexibility index (Phi) is 4.35. The second-order valence-electron chi connectivity index (χ2n) is 5.09. The van der Waals surface area contributed by atoms with Crippen molar-refractivity contribution in [3.63, 3.8) is 0 Å². The highest BCUT2D eigenvalue weighted by molar-refractivity contribution is 7.98. The van der Waals surface area contributed by atoms with Gasteiger partial charge in [0.15, 0.2) is 4.80 Å². The van der Waals surface area contributed by atoms with Crippen molar-refractivity contribution in [3.8, 4) is 5.75 Å². The number of carbonyl (C=O) groups excluding carboxylic acids is 1. The summed E-state index contributed by atoms with van der Waals surface area (Å²) in [5, 5.41) is 0. The fourth-order valence-electron chi connectivity index (χ4n) is 2.18. The number of amides is 1. The molecule has 4 nitrogen and oxygen atoms in total. The molecule has 0 aliphatic heterocycles. The number of nitrogens with zero attached hydrogens (tertiary/aromatic N) is 2. The van der Waals surface area contributed by atoms with Crippen molar-refractivity contribution >= 4 is 39.2 Å². The molecule has 112 valence electrons. The van der Waals surface area contributed by atoms with E-state index in [1.54, 1.807) is 30.2 Å². The van der Waals surface area contributed by atoms with Gasteiger partial charge in [0.1, 0.15) is 5.75 Å². The van der Waals surface area contributed by atoms with Gasteiger partial charge in [-0.05, 0) is 37.3 Å². The van der Waals surface area contributed by atoms with E-state index in [-0.39, 0.29) is 11.8 Å². The average Bonchev–Trinajstić information content (AvgIpc) is 3.28. The molecule has 2 aromatic rings. The summed E-state index contributed by atoms with van der Waals surface area (Å²) in [5.41, 5.74) is 1.12. The first-order valence-electron chi connectivity index (χ1n) is 6.98. The Morgan fingerprint density at radius 3 is 3.00 bits per heavy atom. The molecule has 1 aliphatic rings. The molecule has 0 radical (unpaired) electrons. The van der Waals surface area contributed by atoms with Gasteiger partial charge in [0.25, 0.3) is 5.91 Å². The van der Waals surface area contributed by atoms with Crippen LogP contribution in [0.2, 0.25) is 0 Å². The van der Waals surface area contributed by atoms with Crippen LogP contribution in [0.15, 0.2) is 23.2 Å². The van der Waals surface area contributed by atoms with Crippen molar-refractivity contribution < 1.29 is 9.53 Å². The minimum atomic E-state index is 0.0337. The standard InChI is InChI=1S/C15H18N2O2S2/c1-19-11-5-6-12-13(9-11)21-15(17(12)7-8-20-2)16-14(18)10-3-4-10/h5-6,9-10H,3-4,7-8H2,1-2H3. The van der Waals surface area contributed by atoms with Crippen molar-refractivity contribution in [1.29, 1.82) is 0 Å². The normalized spacial score (nSPS) is 15.6. The van der Waals surface area contributed by atoms with Gasteiger partial charge in [0.05, 0.1) is 17.3 Å². The fraction of sp³-hybridized carbons (Fsp3) is 0.467. The molecule has 1 aromatic carbocycles. The molecule has 0 N–H and O–H groups in total. The molecular weight excluding hydrogens is 304 g/mol. The summed E-state index contributed by atoms with van der Waals surface area (Å²) < 4.78 is 8.54. The molecule has 6 heteroatoms. The van der Waals surface area contributed by atoms with Crippen molar-refractivity contribution in [1.82, 2.24) is 4.57 Å².